The normalized spacial score (nSPS) is 18.6. The maximum Gasteiger partial charge on any atom is 0.209 e. The Labute approximate surface area is 115 Å². The van der Waals surface area contributed by atoms with Crippen molar-refractivity contribution in [2.45, 2.75) is 6.54 Å². The minimum atomic E-state index is -3.09. The standard InChI is InChI=1S/C13H21N3O2S/c1-19(17,18)14-12-16-9-7-15(8-10-16)11-13-5-3-2-4-6-13/h2-6,14H,7-12H2,1H3. The van der Waals surface area contributed by atoms with Crippen LogP contribution in [0.2, 0.25) is 0 Å². The van der Waals surface area contributed by atoms with Gasteiger partial charge in [-0.25, -0.2) is 13.1 Å². The van der Waals surface area contributed by atoms with Gasteiger partial charge < -0.3 is 0 Å². The highest BCUT2D eigenvalue weighted by atomic mass is 32.2. The molecule has 0 spiro atoms. The van der Waals surface area contributed by atoms with Gasteiger partial charge in [0.2, 0.25) is 10.0 Å². The number of piperazine rings is 1. The first-order valence-corrected chi connectivity index (χ1v) is 8.35. The summed E-state index contributed by atoms with van der Waals surface area (Å²) in [7, 11) is -3.09. The van der Waals surface area contributed by atoms with Crippen molar-refractivity contribution in [2.24, 2.45) is 0 Å². The minimum absolute atomic E-state index is 0.415. The van der Waals surface area contributed by atoms with Crippen molar-refractivity contribution in [1.82, 2.24) is 14.5 Å². The summed E-state index contributed by atoms with van der Waals surface area (Å²) in [6.45, 7) is 5.12. The van der Waals surface area contributed by atoms with Crippen LogP contribution in [0, 0.1) is 0 Å². The van der Waals surface area contributed by atoms with E-state index < -0.39 is 10.0 Å². The van der Waals surface area contributed by atoms with Gasteiger partial charge in [-0.3, -0.25) is 9.80 Å². The lowest BCUT2D eigenvalue weighted by Gasteiger charge is -2.34. The van der Waals surface area contributed by atoms with E-state index in [1.807, 2.05) is 6.07 Å². The van der Waals surface area contributed by atoms with Crippen LogP contribution in [0.15, 0.2) is 30.3 Å². The number of nitrogens with zero attached hydrogens (tertiary/aromatic N) is 2. The van der Waals surface area contributed by atoms with Gasteiger partial charge in [0.1, 0.15) is 0 Å². The molecule has 1 heterocycles. The van der Waals surface area contributed by atoms with E-state index in [0.29, 0.717) is 6.67 Å². The molecule has 19 heavy (non-hydrogen) atoms. The number of nitrogens with one attached hydrogen (secondary N) is 1. The van der Waals surface area contributed by atoms with Crippen molar-refractivity contribution in [1.29, 1.82) is 0 Å². The van der Waals surface area contributed by atoms with Crippen molar-refractivity contribution in [3.05, 3.63) is 35.9 Å². The van der Waals surface area contributed by atoms with Crippen molar-refractivity contribution >= 4 is 10.0 Å². The predicted molar refractivity (Wildman–Crippen MR) is 76.1 cm³/mol. The minimum Gasteiger partial charge on any atom is -0.297 e. The molecule has 1 aromatic carbocycles. The number of hydrogen-bond acceptors (Lipinski definition) is 4. The number of hydrogen-bond donors (Lipinski definition) is 1. The molecule has 0 aromatic heterocycles. The van der Waals surface area contributed by atoms with Crippen LogP contribution < -0.4 is 4.72 Å². The van der Waals surface area contributed by atoms with E-state index in [4.69, 9.17) is 0 Å². The summed E-state index contributed by atoms with van der Waals surface area (Å²) in [5.41, 5.74) is 1.32. The lowest BCUT2D eigenvalue weighted by atomic mass is 10.2. The SMILES string of the molecule is CS(=O)(=O)NCN1CCN(Cc2ccccc2)CC1. The second kappa shape index (κ2) is 6.47. The van der Waals surface area contributed by atoms with Gasteiger partial charge in [-0.05, 0) is 5.56 Å². The second-order valence-corrected chi connectivity index (χ2v) is 6.79. The van der Waals surface area contributed by atoms with E-state index in [0.717, 1.165) is 32.7 Å². The fraction of sp³-hybridized carbons (Fsp3) is 0.538. The third-order valence-corrected chi connectivity index (χ3v) is 3.92. The summed E-state index contributed by atoms with van der Waals surface area (Å²) in [6.07, 6.45) is 1.19. The molecular formula is C13H21N3O2S. The Balaban J connectivity index is 1.74. The Hall–Kier alpha value is -0.950. The zero-order valence-electron chi connectivity index (χ0n) is 11.2. The summed E-state index contributed by atoms with van der Waals surface area (Å²) in [6, 6.07) is 10.4. The number of rotatable bonds is 5. The predicted octanol–water partition coefficient (Wildman–Crippen LogP) is 0.311. The van der Waals surface area contributed by atoms with Crippen LogP contribution >= 0.6 is 0 Å². The van der Waals surface area contributed by atoms with Crippen molar-refractivity contribution in [2.75, 3.05) is 39.1 Å². The third-order valence-electron chi connectivity index (χ3n) is 3.26. The highest BCUT2D eigenvalue weighted by Crippen LogP contribution is 2.07. The molecule has 0 radical (unpaired) electrons. The van der Waals surface area contributed by atoms with Gasteiger partial charge in [-0.15, -0.1) is 0 Å². The Morgan fingerprint density at radius 2 is 1.63 bits per heavy atom. The number of sulfonamides is 1. The van der Waals surface area contributed by atoms with Crippen molar-refractivity contribution in [3.63, 3.8) is 0 Å². The van der Waals surface area contributed by atoms with E-state index in [2.05, 4.69) is 38.8 Å². The zero-order valence-corrected chi connectivity index (χ0v) is 12.1. The first-order valence-electron chi connectivity index (χ1n) is 6.46. The van der Waals surface area contributed by atoms with E-state index in [1.165, 1.54) is 11.8 Å². The highest BCUT2D eigenvalue weighted by molar-refractivity contribution is 7.88. The van der Waals surface area contributed by atoms with Crippen LogP contribution in [0.1, 0.15) is 5.56 Å². The lowest BCUT2D eigenvalue weighted by molar-refractivity contribution is 0.126. The van der Waals surface area contributed by atoms with E-state index in [-0.39, 0.29) is 0 Å². The van der Waals surface area contributed by atoms with E-state index in [1.54, 1.807) is 0 Å². The molecule has 1 aliphatic rings. The van der Waals surface area contributed by atoms with Gasteiger partial charge in [0.25, 0.3) is 0 Å². The second-order valence-electron chi connectivity index (χ2n) is 4.95. The zero-order chi connectivity index (χ0) is 13.7. The third kappa shape index (κ3) is 5.28. The van der Waals surface area contributed by atoms with Crippen molar-refractivity contribution < 1.29 is 8.42 Å². The molecule has 0 atom stereocenters. The van der Waals surface area contributed by atoms with E-state index >= 15 is 0 Å². The summed E-state index contributed by atoms with van der Waals surface area (Å²) < 4.78 is 24.6. The maximum atomic E-state index is 11.0. The van der Waals surface area contributed by atoms with Crippen LogP contribution in [0.3, 0.4) is 0 Å². The Morgan fingerprint density at radius 3 is 2.21 bits per heavy atom. The largest absolute Gasteiger partial charge is 0.297 e. The van der Waals surface area contributed by atoms with Crippen LogP contribution in [-0.2, 0) is 16.6 Å². The van der Waals surface area contributed by atoms with Crippen LogP contribution in [0.5, 0.6) is 0 Å². The van der Waals surface area contributed by atoms with Gasteiger partial charge in [0.15, 0.2) is 0 Å². The molecule has 2 rings (SSSR count). The lowest BCUT2D eigenvalue weighted by Crippen LogP contribution is -2.49. The van der Waals surface area contributed by atoms with Gasteiger partial charge in [-0.2, -0.15) is 0 Å². The number of benzene rings is 1. The van der Waals surface area contributed by atoms with Crippen molar-refractivity contribution in [3.8, 4) is 0 Å². The maximum absolute atomic E-state index is 11.0. The van der Waals surface area contributed by atoms with Crippen LogP contribution in [0.25, 0.3) is 0 Å². The topological polar surface area (TPSA) is 52.7 Å². The molecule has 1 aliphatic heterocycles. The molecule has 1 aromatic rings. The fourth-order valence-electron chi connectivity index (χ4n) is 2.16. The summed E-state index contributed by atoms with van der Waals surface area (Å²) in [4.78, 5) is 4.52. The van der Waals surface area contributed by atoms with Gasteiger partial charge >= 0.3 is 0 Å². The summed E-state index contributed by atoms with van der Waals surface area (Å²) >= 11 is 0. The Morgan fingerprint density at radius 1 is 1.05 bits per heavy atom. The Bertz CT molecular complexity index is 482. The molecule has 1 saturated heterocycles. The first kappa shape index (κ1) is 14.5. The smallest absolute Gasteiger partial charge is 0.209 e. The molecule has 106 valence electrons. The molecule has 5 nitrogen and oxygen atoms in total. The molecular weight excluding hydrogens is 262 g/mol. The molecule has 0 amide bonds. The summed E-state index contributed by atoms with van der Waals surface area (Å²) in [5.74, 6) is 0. The molecule has 0 bridgehead atoms. The summed E-state index contributed by atoms with van der Waals surface area (Å²) in [5, 5.41) is 0. The molecule has 0 aliphatic carbocycles. The monoisotopic (exact) mass is 283 g/mol. The van der Waals surface area contributed by atoms with Crippen LogP contribution in [0.4, 0.5) is 0 Å². The van der Waals surface area contributed by atoms with E-state index in [9.17, 15) is 8.42 Å². The first-order chi connectivity index (χ1) is 9.03. The van der Waals surface area contributed by atoms with Crippen LogP contribution in [-0.4, -0.2) is 57.3 Å². The average Bonchev–Trinajstić information content (AvgIpc) is 2.38. The molecule has 0 unspecified atom stereocenters. The highest BCUT2D eigenvalue weighted by Gasteiger charge is 2.17. The average molecular weight is 283 g/mol. The van der Waals surface area contributed by atoms with Gasteiger partial charge in [0.05, 0.1) is 12.9 Å². The molecule has 1 fully saturated rings. The Kier molecular flexibility index (Phi) is 4.93. The van der Waals surface area contributed by atoms with Gasteiger partial charge in [-0.1, -0.05) is 30.3 Å². The molecule has 0 saturated carbocycles. The quantitative estimate of drug-likeness (QED) is 0.845. The molecule has 6 heteroatoms. The fourth-order valence-corrected chi connectivity index (χ4v) is 2.57. The van der Waals surface area contributed by atoms with Gasteiger partial charge in [0, 0.05) is 32.7 Å². The molecule has 1 N–H and O–H groups in total.